The van der Waals surface area contributed by atoms with Gasteiger partial charge in [-0.2, -0.15) is 0 Å². The number of phosphoric ester groups is 2. The predicted octanol–water partition coefficient (Wildman–Crippen LogP) is -2.16. The van der Waals surface area contributed by atoms with Crippen molar-refractivity contribution in [2.45, 2.75) is 49.1 Å². The average Bonchev–Trinajstić information content (AvgIpc) is 3.80. The first-order valence-electron chi connectivity index (χ1n) is 14.8. The number of nitrogens with two attached hydrogens (primary N) is 2. The molecule has 292 valence electrons. The second-order valence-electron chi connectivity index (χ2n) is 11.8. The van der Waals surface area contributed by atoms with E-state index in [1.165, 1.54) is 21.8 Å². The first kappa shape index (κ1) is 39.9. The fourth-order valence-electron chi connectivity index (χ4n) is 5.47. The minimum absolute atomic E-state index is 0.0391. The summed E-state index contributed by atoms with van der Waals surface area (Å²) in [4.78, 5) is 65.7. The molecule has 2 aliphatic rings. The number of anilines is 2. The molecule has 30 heteroatoms. The van der Waals surface area contributed by atoms with E-state index in [2.05, 4.69) is 42.5 Å². The fourth-order valence-corrected chi connectivity index (χ4v) is 13.7. The van der Waals surface area contributed by atoms with Gasteiger partial charge in [-0.1, -0.05) is 12.6 Å². The van der Waals surface area contributed by atoms with Gasteiger partial charge < -0.3 is 60.9 Å². The van der Waals surface area contributed by atoms with E-state index in [1.807, 2.05) is 0 Å². The lowest BCUT2D eigenvalue weighted by Crippen LogP contribution is -2.33. The van der Waals surface area contributed by atoms with Crippen LogP contribution in [0.15, 0.2) is 25.3 Å². The van der Waals surface area contributed by atoms with Crippen LogP contribution in [0.3, 0.4) is 0 Å². The van der Waals surface area contributed by atoms with Crippen LogP contribution >= 0.6 is 30.3 Å². The molecule has 0 amide bonds. The van der Waals surface area contributed by atoms with Crippen LogP contribution in [0.2, 0.25) is 0 Å². The van der Waals surface area contributed by atoms with Crippen LogP contribution in [-0.2, 0) is 36.3 Å². The number of hydrogen-bond donors (Lipinski definition) is 10. The molecule has 12 atom stereocenters. The van der Waals surface area contributed by atoms with Crippen LogP contribution in [0.4, 0.5) is 11.6 Å². The van der Waals surface area contributed by atoms with E-state index in [-0.39, 0.29) is 34.0 Å². The Morgan fingerprint density at radius 2 is 1.04 bits per heavy atom. The summed E-state index contributed by atoms with van der Waals surface area (Å²) in [6.45, 7) is -1.76. The quantitative estimate of drug-likeness (QED) is 0.0605. The van der Waals surface area contributed by atoms with Crippen LogP contribution in [-0.4, -0.2) is 147 Å². The van der Waals surface area contributed by atoms with Crippen molar-refractivity contribution in [3.05, 3.63) is 25.3 Å². The van der Waals surface area contributed by atoms with Gasteiger partial charge in [-0.15, -0.1) is 0 Å². The maximum Gasteiger partial charge on any atom is 0.477 e. The van der Waals surface area contributed by atoms with Gasteiger partial charge in [-0.25, -0.2) is 47.7 Å². The molecule has 0 saturated carbocycles. The third-order valence-electron chi connectivity index (χ3n) is 7.75. The van der Waals surface area contributed by atoms with Gasteiger partial charge in [-0.05, 0) is 0 Å². The number of phosphoric acid groups is 2. The Morgan fingerprint density at radius 1 is 0.660 bits per heavy atom. The van der Waals surface area contributed by atoms with Crippen LogP contribution in [0, 0.1) is 0 Å². The van der Waals surface area contributed by atoms with Crippen LogP contribution in [0.25, 0.3) is 22.3 Å². The SMILES string of the molecule is C=P(O)(CP(=C)(O)OP(=O)(O)OC[C@H]1O[C@@H](n2cnc3c(N)ncnc32)[C@@H](O)C1O)OP(=O)(O)OC[C@H]1O[C@@H](n2cnc3c(N)ncnc32)C(O)C1O. The topological polar surface area (TPSA) is 391 Å². The second-order valence-corrected chi connectivity index (χ2v) is 20.0. The number of nitrogens with zero attached hydrogens (tertiary/aromatic N) is 8. The Balaban J connectivity index is 1.01. The molecular formula is C23H34N10O16P4. The summed E-state index contributed by atoms with van der Waals surface area (Å²) in [5.74, 6) is -1.08. The molecule has 0 aromatic carbocycles. The maximum atomic E-state index is 12.7. The highest BCUT2D eigenvalue weighted by atomic mass is 31.3. The van der Waals surface area contributed by atoms with Crippen molar-refractivity contribution in [2.75, 3.05) is 30.6 Å². The highest BCUT2D eigenvalue weighted by Crippen LogP contribution is 2.69. The van der Waals surface area contributed by atoms with Gasteiger partial charge >= 0.3 is 15.6 Å². The summed E-state index contributed by atoms with van der Waals surface area (Å²) < 4.78 is 58.4. The molecule has 53 heavy (non-hydrogen) atoms. The number of hydrogen-bond acceptors (Lipinski definition) is 22. The summed E-state index contributed by atoms with van der Waals surface area (Å²) in [7, 11) is -19.4. The van der Waals surface area contributed by atoms with Crippen molar-refractivity contribution in [3.63, 3.8) is 0 Å². The molecule has 0 aliphatic carbocycles. The third kappa shape index (κ3) is 8.55. The first-order valence-corrected chi connectivity index (χ1v) is 21.9. The van der Waals surface area contributed by atoms with Crippen molar-refractivity contribution in [1.82, 2.24) is 39.0 Å². The number of aliphatic hydroxyl groups excluding tert-OH is 4. The number of imidazole rings is 2. The Morgan fingerprint density at radius 3 is 1.42 bits per heavy atom. The van der Waals surface area contributed by atoms with Gasteiger partial charge in [0.2, 0.25) is 0 Å². The number of aromatic nitrogens is 8. The molecule has 0 radical (unpaired) electrons. The molecule has 2 fully saturated rings. The molecule has 4 aromatic rings. The number of ether oxygens (including phenoxy) is 2. The third-order valence-corrected chi connectivity index (χ3v) is 16.3. The van der Waals surface area contributed by atoms with Crippen molar-refractivity contribution in [3.8, 4) is 0 Å². The normalized spacial score (nSPS) is 30.9. The molecule has 0 spiro atoms. The zero-order valence-electron chi connectivity index (χ0n) is 26.8. The number of fused-ring (bicyclic) bond motifs is 2. The molecule has 0 bridgehead atoms. The second kappa shape index (κ2) is 14.7. The van der Waals surface area contributed by atoms with E-state index in [9.17, 15) is 49.1 Å². The van der Waals surface area contributed by atoms with E-state index in [1.54, 1.807) is 0 Å². The molecule has 6 rings (SSSR count). The highest BCUT2D eigenvalue weighted by molar-refractivity contribution is 7.84. The van der Waals surface area contributed by atoms with Crippen LogP contribution in [0.5, 0.6) is 0 Å². The van der Waals surface area contributed by atoms with E-state index in [0.717, 1.165) is 12.7 Å². The molecule has 2 saturated heterocycles. The monoisotopic (exact) mass is 830 g/mol. The summed E-state index contributed by atoms with van der Waals surface area (Å²) in [5.41, 5.74) is 12.2. The van der Waals surface area contributed by atoms with Crippen molar-refractivity contribution in [2.24, 2.45) is 0 Å². The molecule has 26 nitrogen and oxygen atoms in total. The predicted molar refractivity (Wildman–Crippen MR) is 182 cm³/mol. The number of rotatable bonds is 14. The molecular weight excluding hydrogens is 796 g/mol. The van der Waals surface area contributed by atoms with E-state index >= 15 is 0 Å². The fraction of sp³-hybridized carbons (Fsp3) is 0.478. The summed E-state index contributed by atoms with van der Waals surface area (Å²) in [6.07, 6.45) is -0.773. The Hall–Kier alpha value is -2.80. The van der Waals surface area contributed by atoms with Gasteiger partial charge in [-0.3, -0.25) is 18.2 Å². The average molecular weight is 830 g/mol. The minimum Gasteiger partial charge on any atom is -0.387 e. The summed E-state index contributed by atoms with van der Waals surface area (Å²) in [5, 5.41) is 42.2. The standard InChI is InChI=1S/C23H34N10O16P4/c1-50(38,48-52(40,41)44-3-10-14(34)16(36)22(46-10)32-7-30-12-18(24)26-5-28-20(12)32)9-51(2,39)49-53(42,43)45-4-11-15(35)17(37)23(47-11)33-8-31-13-19(25)27-6-29-21(13)33/h5-8,10-11,14-17,22-23,34-39H,1-4,9H2,(H,40,41)(H,42,43)(H2,24,26,28)(H2,25,27,29)/t10-,11-,14?,15?,16+,17?,22-,23-,50?,51?/m1/s1. The Labute approximate surface area is 297 Å². The van der Waals surface area contributed by atoms with Crippen LogP contribution in [0.1, 0.15) is 12.5 Å². The lowest BCUT2D eigenvalue weighted by Gasteiger charge is -2.27. The number of nitrogen functional groups attached to an aromatic ring is 2. The lowest BCUT2D eigenvalue weighted by molar-refractivity contribution is -0.0501. The largest absolute Gasteiger partial charge is 0.477 e. The van der Waals surface area contributed by atoms with E-state index < -0.39 is 98.5 Å². The molecule has 2 aliphatic heterocycles. The van der Waals surface area contributed by atoms with Crippen molar-refractivity contribution < 1.29 is 76.3 Å². The smallest absolute Gasteiger partial charge is 0.387 e. The molecule has 4 aromatic heterocycles. The van der Waals surface area contributed by atoms with Gasteiger partial charge in [0.15, 0.2) is 35.4 Å². The van der Waals surface area contributed by atoms with E-state index in [4.69, 9.17) is 38.6 Å². The highest BCUT2D eigenvalue weighted by Gasteiger charge is 2.47. The molecule has 6 heterocycles. The van der Waals surface area contributed by atoms with Gasteiger partial charge in [0.05, 0.1) is 31.8 Å². The van der Waals surface area contributed by atoms with Crippen LogP contribution < -0.4 is 11.5 Å². The van der Waals surface area contributed by atoms with Crippen molar-refractivity contribution >= 4 is 76.9 Å². The molecule has 12 N–H and O–H groups in total. The van der Waals surface area contributed by atoms with E-state index in [0.29, 0.717) is 0 Å². The first-order chi connectivity index (χ1) is 24.7. The van der Waals surface area contributed by atoms with Crippen molar-refractivity contribution in [1.29, 1.82) is 0 Å². The number of aliphatic hydroxyl groups is 4. The Kier molecular flexibility index (Phi) is 11.1. The maximum absolute atomic E-state index is 12.7. The summed E-state index contributed by atoms with van der Waals surface area (Å²) >= 11 is 0. The lowest BCUT2D eigenvalue weighted by atomic mass is 10.1. The molecule has 7 unspecified atom stereocenters. The minimum atomic E-state index is -5.28. The van der Waals surface area contributed by atoms with Gasteiger partial charge in [0.25, 0.3) is 0 Å². The zero-order chi connectivity index (χ0) is 38.7. The zero-order valence-corrected chi connectivity index (χ0v) is 30.4. The Bertz CT molecular complexity index is 2040. The van der Waals surface area contributed by atoms with Gasteiger partial charge in [0.1, 0.15) is 75.0 Å². The van der Waals surface area contributed by atoms with Gasteiger partial charge in [0, 0.05) is 0 Å². The summed E-state index contributed by atoms with van der Waals surface area (Å²) in [6, 6.07) is 0.